The van der Waals surface area contributed by atoms with Crippen molar-refractivity contribution in [3.8, 4) is 0 Å². The van der Waals surface area contributed by atoms with E-state index in [1.165, 1.54) is 11.6 Å². The van der Waals surface area contributed by atoms with Gasteiger partial charge in [0.15, 0.2) is 0 Å². The largest absolute Gasteiger partial charge is 0.337 e. The lowest BCUT2D eigenvalue weighted by molar-refractivity contribution is -0.385. The van der Waals surface area contributed by atoms with Crippen LogP contribution in [-0.2, 0) is 6.54 Å². The van der Waals surface area contributed by atoms with Crippen molar-refractivity contribution < 1.29 is 9.72 Å². The molecule has 0 N–H and O–H groups in total. The minimum absolute atomic E-state index is 0.0317. The van der Waals surface area contributed by atoms with Gasteiger partial charge >= 0.3 is 0 Å². The molecule has 2 aromatic rings. The van der Waals surface area contributed by atoms with Crippen LogP contribution in [0, 0.1) is 30.9 Å². The van der Waals surface area contributed by atoms with Crippen LogP contribution in [0.3, 0.4) is 0 Å². The Hall–Kier alpha value is -2.69. The molecule has 5 nitrogen and oxygen atoms in total. The van der Waals surface area contributed by atoms with E-state index in [0.29, 0.717) is 17.7 Å². The lowest BCUT2D eigenvalue weighted by Crippen LogP contribution is -2.27. The molecule has 0 atom stereocenters. The van der Waals surface area contributed by atoms with E-state index in [1.54, 1.807) is 31.0 Å². The molecule has 0 aliphatic rings. The van der Waals surface area contributed by atoms with E-state index in [1.807, 2.05) is 26.0 Å². The number of amides is 1. The predicted octanol–water partition coefficient (Wildman–Crippen LogP) is 3.79. The Kier molecular flexibility index (Phi) is 4.79. The van der Waals surface area contributed by atoms with Crippen molar-refractivity contribution in [2.24, 2.45) is 0 Å². The molecule has 0 bridgehead atoms. The van der Waals surface area contributed by atoms with Gasteiger partial charge in [0.2, 0.25) is 0 Å². The van der Waals surface area contributed by atoms with Gasteiger partial charge in [0.1, 0.15) is 0 Å². The standard InChI is InChI=1S/C18H20N2O3/c1-12-8-9-15(13(2)10-12)11-19(4)18(21)16-6-5-7-17(14(16)3)20(22)23/h5-10H,11H2,1-4H3. The van der Waals surface area contributed by atoms with Gasteiger partial charge in [0.25, 0.3) is 11.6 Å². The Labute approximate surface area is 135 Å². The Morgan fingerprint density at radius 3 is 2.48 bits per heavy atom. The molecular weight excluding hydrogens is 292 g/mol. The van der Waals surface area contributed by atoms with E-state index in [4.69, 9.17) is 0 Å². The first-order valence-electron chi connectivity index (χ1n) is 7.37. The summed E-state index contributed by atoms with van der Waals surface area (Å²) in [7, 11) is 1.71. The second-order valence-corrected chi connectivity index (χ2v) is 5.80. The van der Waals surface area contributed by atoms with E-state index in [-0.39, 0.29) is 11.6 Å². The highest BCUT2D eigenvalue weighted by Crippen LogP contribution is 2.23. The first-order valence-corrected chi connectivity index (χ1v) is 7.37. The number of nitro benzene ring substituents is 1. The molecule has 2 aromatic carbocycles. The summed E-state index contributed by atoms with van der Waals surface area (Å²) in [6.07, 6.45) is 0. The zero-order valence-corrected chi connectivity index (χ0v) is 13.8. The normalized spacial score (nSPS) is 10.4. The fourth-order valence-corrected chi connectivity index (χ4v) is 2.61. The Morgan fingerprint density at radius 1 is 1.17 bits per heavy atom. The summed E-state index contributed by atoms with van der Waals surface area (Å²) in [5.41, 5.74) is 4.10. The van der Waals surface area contributed by atoms with Crippen molar-refractivity contribution in [2.75, 3.05) is 7.05 Å². The fraction of sp³-hybridized carbons (Fsp3) is 0.278. The van der Waals surface area contributed by atoms with Gasteiger partial charge in [-0.3, -0.25) is 14.9 Å². The molecule has 0 aliphatic carbocycles. The van der Waals surface area contributed by atoms with Crippen molar-refractivity contribution in [2.45, 2.75) is 27.3 Å². The monoisotopic (exact) mass is 312 g/mol. The zero-order chi connectivity index (χ0) is 17.1. The number of carbonyl (C=O) groups excluding carboxylic acids is 1. The van der Waals surface area contributed by atoms with Crippen LogP contribution in [0.4, 0.5) is 5.69 Å². The van der Waals surface area contributed by atoms with Crippen LogP contribution in [0.2, 0.25) is 0 Å². The third-order valence-electron chi connectivity index (χ3n) is 3.98. The SMILES string of the molecule is Cc1ccc(CN(C)C(=O)c2cccc([N+](=O)[O-])c2C)c(C)c1. The number of benzene rings is 2. The molecule has 0 saturated carbocycles. The molecule has 0 spiro atoms. The van der Waals surface area contributed by atoms with Crippen molar-refractivity contribution in [3.05, 3.63) is 74.3 Å². The third kappa shape index (κ3) is 3.56. The zero-order valence-electron chi connectivity index (χ0n) is 13.8. The maximum Gasteiger partial charge on any atom is 0.273 e. The molecule has 0 aliphatic heterocycles. The van der Waals surface area contributed by atoms with E-state index < -0.39 is 4.92 Å². The van der Waals surface area contributed by atoms with Gasteiger partial charge in [0, 0.05) is 30.8 Å². The van der Waals surface area contributed by atoms with Crippen LogP contribution in [0.5, 0.6) is 0 Å². The molecule has 23 heavy (non-hydrogen) atoms. The molecule has 0 unspecified atom stereocenters. The first kappa shape index (κ1) is 16.7. The maximum absolute atomic E-state index is 12.6. The number of hydrogen-bond acceptors (Lipinski definition) is 3. The minimum Gasteiger partial charge on any atom is -0.337 e. The van der Waals surface area contributed by atoms with Gasteiger partial charge in [-0.2, -0.15) is 0 Å². The van der Waals surface area contributed by atoms with Crippen LogP contribution in [0.15, 0.2) is 36.4 Å². The van der Waals surface area contributed by atoms with Gasteiger partial charge in [-0.25, -0.2) is 0 Å². The maximum atomic E-state index is 12.6. The molecule has 0 radical (unpaired) electrons. The number of carbonyl (C=O) groups is 1. The minimum atomic E-state index is -0.462. The van der Waals surface area contributed by atoms with Crippen molar-refractivity contribution in [1.82, 2.24) is 4.90 Å². The van der Waals surface area contributed by atoms with Gasteiger partial charge in [-0.05, 0) is 38.0 Å². The quantitative estimate of drug-likeness (QED) is 0.637. The molecular formula is C18H20N2O3. The van der Waals surface area contributed by atoms with E-state index >= 15 is 0 Å². The first-order chi connectivity index (χ1) is 10.8. The summed E-state index contributed by atoms with van der Waals surface area (Å²) in [5, 5.41) is 11.0. The topological polar surface area (TPSA) is 63.5 Å². The molecule has 0 saturated heterocycles. The third-order valence-corrected chi connectivity index (χ3v) is 3.98. The highest BCUT2D eigenvalue weighted by molar-refractivity contribution is 5.96. The van der Waals surface area contributed by atoms with Crippen molar-refractivity contribution in [1.29, 1.82) is 0 Å². The van der Waals surface area contributed by atoms with E-state index in [9.17, 15) is 14.9 Å². The predicted molar refractivity (Wildman–Crippen MR) is 89.5 cm³/mol. The molecule has 0 fully saturated rings. The Bertz CT molecular complexity index is 769. The van der Waals surface area contributed by atoms with Gasteiger partial charge in [0.05, 0.1) is 4.92 Å². The van der Waals surface area contributed by atoms with Gasteiger partial charge < -0.3 is 4.90 Å². The van der Waals surface area contributed by atoms with Crippen molar-refractivity contribution >= 4 is 11.6 Å². The van der Waals surface area contributed by atoms with Crippen LogP contribution >= 0.6 is 0 Å². The van der Waals surface area contributed by atoms with Gasteiger partial charge in [-0.1, -0.05) is 29.8 Å². The summed E-state index contributed by atoms with van der Waals surface area (Å²) < 4.78 is 0. The number of aryl methyl sites for hydroxylation is 2. The summed E-state index contributed by atoms with van der Waals surface area (Å²) in [6.45, 7) is 6.11. The smallest absolute Gasteiger partial charge is 0.273 e. The van der Waals surface area contributed by atoms with Crippen LogP contribution < -0.4 is 0 Å². The number of nitro groups is 1. The molecule has 120 valence electrons. The lowest BCUT2D eigenvalue weighted by atomic mass is 10.0. The van der Waals surface area contributed by atoms with Crippen molar-refractivity contribution in [3.63, 3.8) is 0 Å². The van der Waals surface area contributed by atoms with E-state index in [2.05, 4.69) is 6.07 Å². The molecule has 1 amide bonds. The van der Waals surface area contributed by atoms with Gasteiger partial charge in [-0.15, -0.1) is 0 Å². The number of rotatable bonds is 4. The molecule has 0 aromatic heterocycles. The molecule has 2 rings (SSSR count). The summed E-state index contributed by atoms with van der Waals surface area (Å²) >= 11 is 0. The number of nitrogens with zero attached hydrogens (tertiary/aromatic N) is 2. The van der Waals surface area contributed by atoms with Crippen LogP contribution in [0.25, 0.3) is 0 Å². The van der Waals surface area contributed by atoms with Crippen LogP contribution in [-0.4, -0.2) is 22.8 Å². The summed E-state index contributed by atoms with van der Waals surface area (Å²) in [4.78, 5) is 24.8. The van der Waals surface area contributed by atoms with Crippen LogP contribution in [0.1, 0.15) is 32.6 Å². The summed E-state index contributed by atoms with van der Waals surface area (Å²) in [6, 6.07) is 10.7. The summed E-state index contributed by atoms with van der Waals surface area (Å²) in [5.74, 6) is -0.217. The Morgan fingerprint density at radius 2 is 1.87 bits per heavy atom. The fourth-order valence-electron chi connectivity index (χ4n) is 2.61. The average molecular weight is 312 g/mol. The Balaban J connectivity index is 2.26. The lowest BCUT2D eigenvalue weighted by Gasteiger charge is -2.20. The molecule has 5 heteroatoms. The molecule has 0 heterocycles. The second-order valence-electron chi connectivity index (χ2n) is 5.80. The second kappa shape index (κ2) is 6.60. The van der Waals surface area contributed by atoms with E-state index in [0.717, 1.165) is 11.1 Å². The number of hydrogen-bond donors (Lipinski definition) is 0. The average Bonchev–Trinajstić information content (AvgIpc) is 2.49. The highest BCUT2D eigenvalue weighted by Gasteiger charge is 2.20. The highest BCUT2D eigenvalue weighted by atomic mass is 16.6.